The number of hydrogen-bond donors (Lipinski definition) is 0. The van der Waals surface area contributed by atoms with Crippen LogP contribution in [0, 0.1) is 11.3 Å². The third-order valence-corrected chi connectivity index (χ3v) is 4.85. The zero-order valence-electron chi connectivity index (χ0n) is 13.5. The summed E-state index contributed by atoms with van der Waals surface area (Å²) in [7, 11) is 0. The van der Waals surface area contributed by atoms with Gasteiger partial charge in [-0.15, -0.1) is 0 Å². The number of anilines is 1. The summed E-state index contributed by atoms with van der Waals surface area (Å²) in [6.07, 6.45) is 1.93. The number of ether oxygens (including phenoxy) is 1. The minimum Gasteiger partial charge on any atom is -0.373 e. The van der Waals surface area contributed by atoms with Crippen LogP contribution in [-0.4, -0.2) is 48.3 Å². The maximum Gasteiger partial charge on any atom is 0.146 e. The lowest BCUT2D eigenvalue weighted by Gasteiger charge is -2.36. The van der Waals surface area contributed by atoms with Gasteiger partial charge in [-0.1, -0.05) is 30.3 Å². The standard InChI is InChI=1S/C19H20N4O/c20-11-16-7-4-8-21-19(16)23-13-17-18(14-23)24-10-9-22(17)12-15-5-2-1-3-6-15/h1-8,17-18H,9-10,12-14H2. The first-order valence-electron chi connectivity index (χ1n) is 8.35. The number of rotatable bonds is 3. The Bertz CT molecular complexity index is 743. The fraction of sp³-hybridized carbons (Fsp3) is 0.368. The summed E-state index contributed by atoms with van der Waals surface area (Å²) in [5.41, 5.74) is 1.96. The number of nitriles is 1. The number of aromatic nitrogens is 1. The van der Waals surface area contributed by atoms with E-state index in [1.165, 1.54) is 5.56 Å². The maximum absolute atomic E-state index is 9.33. The molecule has 4 rings (SSSR count). The minimum atomic E-state index is 0.177. The summed E-state index contributed by atoms with van der Waals surface area (Å²) >= 11 is 0. The van der Waals surface area contributed by atoms with Gasteiger partial charge in [-0.3, -0.25) is 4.90 Å². The molecule has 2 atom stereocenters. The molecule has 1 aromatic carbocycles. The predicted molar refractivity (Wildman–Crippen MR) is 91.5 cm³/mol. The summed E-state index contributed by atoms with van der Waals surface area (Å²) in [5, 5.41) is 9.33. The first-order valence-corrected chi connectivity index (χ1v) is 8.35. The summed E-state index contributed by atoms with van der Waals surface area (Å²) in [5.74, 6) is 0.776. The SMILES string of the molecule is N#Cc1cccnc1N1CC2OCCN(Cc3ccccc3)C2C1. The Morgan fingerprint density at radius 1 is 1.17 bits per heavy atom. The van der Waals surface area contributed by atoms with Crippen molar-refractivity contribution in [2.75, 3.05) is 31.1 Å². The Morgan fingerprint density at radius 3 is 2.88 bits per heavy atom. The average Bonchev–Trinajstić information content (AvgIpc) is 3.08. The van der Waals surface area contributed by atoms with Gasteiger partial charge in [0.25, 0.3) is 0 Å². The number of benzene rings is 1. The molecular formula is C19H20N4O. The van der Waals surface area contributed by atoms with Crippen molar-refractivity contribution in [3.63, 3.8) is 0 Å². The number of morpholine rings is 1. The molecule has 2 aliphatic heterocycles. The third-order valence-electron chi connectivity index (χ3n) is 4.85. The van der Waals surface area contributed by atoms with Gasteiger partial charge in [0.05, 0.1) is 24.3 Å². The largest absolute Gasteiger partial charge is 0.373 e. The van der Waals surface area contributed by atoms with Crippen LogP contribution in [0.1, 0.15) is 11.1 Å². The molecule has 2 saturated heterocycles. The molecule has 0 saturated carbocycles. The van der Waals surface area contributed by atoms with Crippen molar-refractivity contribution in [2.24, 2.45) is 0 Å². The Labute approximate surface area is 142 Å². The van der Waals surface area contributed by atoms with Gasteiger partial charge in [-0.25, -0.2) is 4.98 Å². The van der Waals surface area contributed by atoms with Crippen LogP contribution in [0.2, 0.25) is 0 Å². The molecule has 0 N–H and O–H groups in total. The number of fused-ring (bicyclic) bond motifs is 1. The van der Waals surface area contributed by atoms with E-state index in [0.717, 1.165) is 38.6 Å². The Kier molecular flexibility index (Phi) is 4.16. The fourth-order valence-corrected chi connectivity index (χ4v) is 3.68. The van der Waals surface area contributed by atoms with Gasteiger partial charge in [0.15, 0.2) is 0 Å². The van der Waals surface area contributed by atoms with Gasteiger partial charge < -0.3 is 9.64 Å². The van der Waals surface area contributed by atoms with Crippen LogP contribution in [0.15, 0.2) is 48.7 Å². The first-order chi connectivity index (χ1) is 11.8. The van der Waals surface area contributed by atoms with Crippen molar-refractivity contribution in [1.82, 2.24) is 9.88 Å². The lowest BCUT2D eigenvalue weighted by atomic mass is 10.1. The quantitative estimate of drug-likeness (QED) is 0.866. The molecular weight excluding hydrogens is 300 g/mol. The summed E-state index contributed by atoms with van der Waals surface area (Å²) in [6, 6.07) is 16.8. The van der Waals surface area contributed by atoms with Crippen molar-refractivity contribution in [3.8, 4) is 6.07 Å². The lowest BCUT2D eigenvalue weighted by Crippen LogP contribution is -2.50. The van der Waals surface area contributed by atoms with Gasteiger partial charge in [-0.2, -0.15) is 5.26 Å². The highest BCUT2D eigenvalue weighted by atomic mass is 16.5. The zero-order valence-corrected chi connectivity index (χ0v) is 13.5. The van der Waals surface area contributed by atoms with Gasteiger partial charge in [0.2, 0.25) is 0 Å². The Hall–Kier alpha value is -2.42. The molecule has 0 radical (unpaired) electrons. The zero-order chi connectivity index (χ0) is 16.4. The molecule has 2 unspecified atom stereocenters. The number of nitrogens with zero attached hydrogens (tertiary/aromatic N) is 4. The average molecular weight is 320 g/mol. The van der Waals surface area contributed by atoms with E-state index in [1.807, 2.05) is 18.2 Å². The molecule has 0 aliphatic carbocycles. The summed E-state index contributed by atoms with van der Waals surface area (Å²) in [6.45, 7) is 4.28. The second-order valence-electron chi connectivity index (χ2n) is 6.32. The number of hydrogen-bond acceptors (Lipinski definition) is 5. The van der Waals surface area contributed by atoms with Crippen LogP contribution in [0.5, 0.6) is 0 Å². The Balaban J connectivity index is 1.53. The third kappa shape index (κ3) is 2.86. The minimum absolute atomic E-state index is 0.177. The molecule has 2 fully saturated rings. The normalized spacial score (nSPS) is 23.7. The van der Waals surface area contributed by atoms with E-state index in [9.17, 15) is 5.26 Å². The molecule has 2 aromatic rings. The van der Waals surface area contributed by atoms with E-state index < -0.39 is 0 Å². The first kappa shape index (κ1) is 15.1. The van der Waals surface area contributed by atoms with E-state index in [4.69, 9.17) is 4.74 Å². The number of pyridine rings is 1. The van der Waals surface area contributed by atoms with E-state index in [2.05, 4.69) is 45.1 Å². The van der Waals surface area contributed by atoms with Crippen molar-refractivity contribution >= 4 is 5.82 Å². The van der Waals surface area contributed by atoms with Crippen LogP contribution in [-0.2, 0) is 11.3 Å². The van der Waals surface area contributed by atoms with Crippen LogP contribution in [0.4, 0.5) is 5.82 Å². The molecule has 2 aliphatic rings. The predicted octanol–water partition coefficient (Wildman–Crippen LogP) is 2.04. The molecule has 0 spiro atoms. The van der Waals surface area contributed by atoms with Crippen LogP contribution < -0.4 is 4.90 Å². The van der Waals surface area contributed by atoms with Crippen LogP contribution in [0.25, 0.3) is 0 Å². The molecule has 122 valence electrons. The smallest absolute Gasteiger partial charge is 0.146 e. The van der Waals surface area contributed by atoms with E-state index in [1.54, 1.807) is 6.20 Å². The fourth-order valence-electron chi connectivity index (χ4n) is 3.68. The van der Waals surface area contributed by atoms with Crippen molar-refractivity contribution < 1.29 is 4.74 Å². The second-order valence-corrected chi connectivity index (χ2v) is 6.32. The van der Waals surface area contributed by atoms with E-state index >= 15 is 0 Å². The monoisotopic (exact) mass is 320 g/mol. The van der Waals surface area contributed by atoms with Gasteiger partial charge in [0.1, 0.15) is 11.9 Å². The van der Waals surface area contributed by atoms with E-state index in [0.29, 0.717) is 11.6 Å². The van der Waals surface area contributed by atoms with Crippen LogP contribution >= 0.6 is 0 Å². The maximum atomic E-state index is 9.33. The van der Waals surface area contributed by atoms with Gasteiger partial charge in [-0.05, 0) is 17.7 Å². The lowest BCUT2D eigenvalue weighted by molar-refractivity contribution is -0.0499. The van der Waals surface area contributed by atoms with Crippen molar-refractivity contribution in [3.05, 3.63) is 59.8 Å². The highest BCUT2D eigenvalue weighted by Gasteiger charge is 2.40. The van der Waals surface area contributed by atoms with Crippen LogP contribution in [0.3, 0.4) is 0 Å². The van der Waals surface area contributed by atoms with Crippen molar-refractivity contribution in [1.29, 1.82) is 5.26 Å². The Morgan fingerprint density at radius 2 is 2.04 bits per heavy atom. The highest BCUT2D eigenvalue weighted by molar-refractivity contribution is 5.54. The van der Waals surface area contributed by atoms with E-state index in [-0.39, 0.29) is 6.10 Å². The summed E-state index contributed by atoms with van der Waals surface area (Å²) < 4.78 is 6.00. The second kappa shape index (κ2) is 6.60. The molecule has 5 heteroatoms. The highest BCUT2D eigenvalue weighted by Crippen LogP contribution is 2.28. The van der Waals surface area contributed by atoms with Gasteiger partial charge >= 0.3 is 0 Å². The topological polar surface area (TPSA) is 52.4 Å². The van der Waals surface area contributed by atoms with Gasteiger partial charge in [0, 0.05) is 32.4 Å². The molecule has 0 bridgehead atoms. The molecule has 3 heterocycles. The molecule has 1 aromatic heterocycles. The molecule has 24 heavy (non-hydrogen) atoms. The molecule has 0 amide bonds. The van der Waals surface area contributed by atoms with Crippen molar-refractivity contribution in [2.45, 2.75) is 18.7 Å². The molecule has 5 nitrogen and oxygen atoms in total. The summed E-state index contributed by atoms with van der Waals surface area (Å²) in [4.78, 5) is 9.12.